The monoisotopic (exact) mass is 369 g/mol. The molecule has 0 bridgehead atoms. The second kappa shape index (κ2) is 6.79. The van der Waals surface area contributed by atoms with Crippen LogP contribution in [0.3, 0.4) is 0 Å². The van der Waals surface area contributed by atoms with Crippen molar-refractivity contribution in [3.05, 3.63) is 70.2 Å². The molecule has 0 unspecified atom stereocenters. The predicted molar refractivity (Wildman–Crippen MR) is 83.2 cm³/mol. The molecule has 0 heterocycles. The first-order valence-electron chi connectivity index (χ1n) is 6.27. The molecule has 1 N–H and O–H groups in total. The van der Waals surface area contributed by atoms with Gasteiger partial charge < -0.3 is 5.32 Å². The number of para-hydroxylation sites is 1. The van der Waals surface area contributed by atoms with Crippen LogP contribution >= 0.6 is 15.9 Å². The van der Waals surface area contributed by atoms with Crippen LogP contribution in [0.5, 0.6) is 0 Å². The lowest BCUT2D eigenvalue weighted by molar-refractivity contribution is -0.136. The third kappa shape index (κ3) is 4.46. The number of halogens is 4. The topological polar surface area (TPSA) is 29.1 Å². The van der Waals surface area contributed by atoms with Crippen LogP contribution in [0.25, 0.3) is 6.08 Å². The normalized spacial score (nSPS) is 11.6. The summed E-state index contributed by atoms with van der Waals surface area (Å²) in [7, 11) is 0. The maximum absolute atomic E-state index is 12.8. The van der Waals surface area contributed by atoms with E-state index in [1.807, 2.05) is 0 Å². The molecule has 2 aromatic rings. The Morgan fingerprint density at radius 2 is 1.68 bits per heavy atom. The van der Waals surface area contributed by atoms with Gasteiger partial charge in [-0.2, -0.15) is 13.2 Å². The maximum Gasteiger partial charge on any atom is 0.418 e. The zero-order valence-electron chi connectivity index (χ0n) is 11.2. The molecule has 2 nitrogen and oxygen atoms in total. The molecule has 22 heavy (non-hydrogen) atoms. The van der Waals surface area contributed by atoms with E-state index < -0.39 is 17.6 Å². The third-order valence-electron chi connectivity index (χ3n) is 2.79. The van der Waals surface area contributed by atoms with Crippen molar-refractivity contribution in [1.29, 1.82) is 0 Å². The summed E-state index contributed by atoms with van der Waals surface area (Å²) < 4.78 is 39.3. The smallest absolute Gasteiger partial charge is 0.322 e. The number of anilines is 1. The SMILES string of the molecule is O=C(/C=C/c1ccc(Br)cc1)Nc1ccccc1C(F)(F)F. The number of amides is 1. The first kappa shape index (κ1) is 16.3. The van der Waals surface area contributed by atoms with Crippen molar-refractivity contribution < 1.29 is 18.0 Å². The number of hydrogen-bond acceptors (Lipinski definition) is 1. The van der Waals surface area contributed by atoms with Gasteiger partial charge in [0.2, 0.25) is 5.91 Å². The summed E-state index contributed by atoms with van der Waals surface area (Å²) >= 11 is 3.29. The molecule has 2 rings (SSSR count). The number of nitrogens with one attached hydrogen (secondary N) is 1. The van der Waals surface area contributed by atoms with Gasteiger partial charge >= 0.3 is 6.18 Å². The van der Waals surface area contributed by atoms with Crippen LogP contribution in [0.1, 0.15) is 11.1 Å². The fourth-order valence-corrected chi connectivity index (χ4v) is 2.02. The van der Waals surface area contributed by atoms with E-state index in [0.29, 0.717) is 0 Å². The zero-order chi connectivity index (χ0) is 16.2. The lowest BCUT2D eigenvalue weighted by Crippen LogP contribution is -2.14. The van der Waals surface area contributed by atoms with E-state index in [-0.39, 0.29) is 5.69 Å². The highest BCUT2D eigenvalue weighted by Crippen LogP contribution is 2.34. The number of carbonyl (C=O) groups excluding carboxylic acids is 1. The average molecular weight is 370 g/mol. The molecule has 0 saturated heterocycles. The molecular weight excluding hydrogens is 359 g/mol. The summed E-state index contributed by atoms with van der Waals surface area (Å²) in [6.07, 6.45) is -1.80. The molecule has 114 valence electrons. The Bertz CT molecular complexity index is 693. The van der Waals surface area contributed by atoms with Gasteiger partial charge in [0, 0.05) is 10.5 Å². The highest BCUT2D eigenvalue weighted by atomic mass is 79.9. The van der Waals surface area contributed by atoms with E-state index >= 15 is 0 Å². The zero-order valence-corrected chi connectivity index (χ0v) is 12.8. The van der Waals surface area contributed by atoms with Crippen LogP contribution in [0.2, 0.25) is 0 Å². The third-order valence-corrected chi connectivity index (χ3v) is 3.32. The molecule has 2 aromatic carbocycles. The fourth-order valence-electron chi connectivity index (χ4n) is 1.76. The highest BCUT2D eigenvalue weighted by molar-refractivity contribution is 9.10. The van der Waals surface area contributed by atoms with Crippen molar-refractivity contribution >= 4 is 33.6 Å². The van der Waals surface area contributed by atoms with Gasteiger partial charge in [-0.1, -0.05) is 40.2 Å². The second-order valence-corrected chi connectivity index (χ2v) is 5.33. The molecule has 0 radical (unpaired) electrons. The van der Waals surface area contributed by atoms with Gasteiger partial charge in [-0.15, -0.1) is 0 Å². The Labute approximate surface area is 133 Å². The first-order chi connectivity index (χ1) is 10.4. The van der Waals surface area contributed by atoms with Crippen molar-refractivity contribution in [2.75, 3.05) is 5.32 Å². The number of rotatable bonds is 3. The summed E-state index contributed by atoms with van der Waals surface area (Å²) in [5, 5.41) is 2.24. The van der Waals surface area contributed by atoms with E-state index in [2.05, 4.69) is 21.2 Å². The van der Waals surface area contributed by atoms with Crippen molar-refractivity contribution in [3.63, 3.8) is 0 Å². The first-order valence-corrected chi connectivity index (χ1v) is 7.06. The van der Waals surface area contributed by atoms with Gasteiger partial charge in [0.05, 0.1) is 11.3 Å². The van der Waals surface area contributed by atoms with Gasteiger partial charge in [0.15, 0.2) is 0 Å². The number of carbonyl (C=O) groups is 1. The van der Waals surface area contributed by atoms with Gasteiger partial charge in [0.25, 0.3) is 0 Å². The highest BCUT2D eigenvalue weighted by Gasteiger charge is 2.33. The van der Waals surface area contributed by atoms with Crippen LogP contribution < -0.4 is 5.32 Å². The van der Waals surface area contributed by atoms with E-state index in [9.17, 15) is 18.0 Å². The summed E-state index contributed by atoms with van der Waals surface area (Å²) in [5.74, 6) is -0.625. The average Bonchev–Trinajstić information content (AvgIpc) is 2.46. The van der Waals surface area contributed by atoms with Crippen LogP contribution in [-0.2, 0) is 11.0 Å². The number of benzene rings is 2. The van der Waals surface area contributed by atoms with Crippen LogP contribution in [0.4, 0.5) is 18.9 Å². The molecule has 0 fully saturated rings. The maximum atomic E-state index is 12.8. The van der Waals surface area contributed by atoms with E-state index in [1.165, 1.54) is 30.4 Å². The molecule has 0 spiro atoms. The minimum Gasteiger partial charge on any atom is -0.322 e. The molecule has 0 saturated carbocycles. The molecule has 0 aliphatic carbocycles. The van der Waals surface area contributed by atoms with Gasteiger partial charge in [-0.3, -0.25) is 4.79 Å². The van der Waals surface area contributed by atoms with E-state index in [1.54, 1.807) is 24.3 Å². The molecule has 0 aliphatic rings. The van der Waals surface area contributed by atoms with E-state index in [0.717, 1.165) is 16.1 Å². The minimum absolute atomic E-state index is 0.263. The Balaban J connectivity index is 2.11. The lowest BCUT2D eigenvalue weighted by Gasteiger charge is -2.12. The molecule has 0 aliphatic heterocycles. The van der Waals surface area contributed by atoms with Gasteiger partial charge in [0.1, 0.15) is 0 Å². The lowest BCUT2D eigenvalue weighted by atomic mass is 10.1. The standard InChI is InChI=1S/C16H11BrF3NO/c17-12-8-5-11(6-9-12)7-10-15(22)21-14-4-2-1-3-13(14)16(18,19)20/h1-10H,(H,21,22)/b10-7+. The van der Waals surface area contributed by atoms with E-state index in [4.69, 9.17) is 0 Å². The molecule has 1 amide bonds. The second-order valence-electron chi connectivity index (χ2n) is 4.42. The molecule has 6 heteroatoms. The summed E-state index contributed by atoms with van der Waals surface area (Å²) in [4.78, 5) is 11.8. The van der Waals surface area contributed by atoms with Crippen molar-refractivity contribution in [2.24, 2.45) is 0 Å². The summed E-state index contributed by atoms with van der Waals surface area (Å²) in [6.45, 7) is 0. The number of alkyl halides is 3. The predicted octanol–water partition coefficient (Wildman–Crippen LogP) is 5.12. The van der Waals surface area contributed by atoms with Crippen LogP contribution in [0.15, 0.2) is 59.1 Å². The Hall–Kier alpha value is -2.08. The van der Waals surface area contributed by atoms with Gasteiger partial charge in [-0.25, -0.2) is 0 Å². The van der Waals surface area contributed by atoms with Crippen LogP contribution in [-0.4, -0.2) is 5.91 Å². The number of hydrogen-bond donors (Lipinski definition) is 1. The quantitative estimate of drug-likeness (QED) is 0.747. The van der Waals surface area contributed by atoms with Crippen LogP contribution in [0, 0.1) is 0 Å². The Morgan fingerprint density at radius 3 is 2.32 bits per heavy atom. The molecule has 0 atom stereocenters. The minimum atomic E-state index is -4.51. The Kier molecular flexibility index (Phi) is 5.03. The van der Waals surface area contributed by atoms with Gasteiger partial charge in [-0.05, 0) is 35.9 Å². The van der Waals surface area contributed by atoms with Crippen molar-refractivity contribution in [1.82, 2.24) is 0 Å². The Morgan fingerprint density at radius 1 is 1.05 bits per heavy atom. The molecule has 0 aromatic heterocycles. The van der Waals surface area contributed by atoms with Crippen molar-refractivity contribution in [2.45, 2.75) is 6.18 Å². The summed E-state index contributed by atoms with van der Waals surface area (Å²) in [6, 6.07) is 12.0. The largest absolute Gasteiger partial charge is 0.418 e. The fraction of sp³-hybridized carbons (Fsp3) is 0.0625. The summed E-state index contributed by atoms with van der Waals surface area (Å²) in [5.41, 5.74) is -0.372. The molecular formula is C16H11BrF3NO. The van der Waals surface area contributed by atoms with Crippen molar-refractivity contribution in [3.8, 4) is 0 Å².